The van der Waals surface area contributed by atoms with Gasteiger partial charge >= 0.3 is 0 Å². The van der Waals surface area contributed by atoms with Crippen molar-refractivity contribution in [1.82, 2.24) is 9.71 Å². The van der Waals surface area contributed by atoms with E-state index >= 15 is 0 Å². The maximum Gasteiger partial charge on any atom is 0.286 e. The first kappa shape index (κ1) is 16.0. The third-order valence-electron chi connectivity index (χ3n) is 3.38. The van der Waals surface area contributed by atoms with Gasteiger partial charge in [-0.25, -0.2) is 18.1 Å². The number of carbonyl (C=O) groups is 1. The number of rotatable bonds is 5. The Labute approximate surface area is 124 Å². The minimum atomic E-state index is -3.69. The molecule has 1 saturated heterocycles. The minimum absolute atomic E-state index is 0.0194. The number of nitrogens with one attached hydrogen (secondary N) is 1. The first-order chi connectivity index (χ1) is 9.89. The number of amides is 1. The van der Waals surface area contributed by atoms with Crippen LogP contribution in [0.25, 0.3) is 0 Å². The van der Waals surface area contributed by atoms with Crippen molar-refractivity contribution < 1.29 is 22.4 Å². The summed E-state index contributed by atoms with van der Waals surface area (Å²) in [6, 6.07) is 0. The maximum atomic E-state index is 12.1. The van der Waals surface area contributed by atoms with Crippen LogP contribution < -0.4 is 4.72 Å². The number of carbonyl (C=O) groups excluding carboxylic acids is 1. The van der Waals surface area contributed by atoms with Gasteiger partial charge in [-0.15, -0.1) is 0 Å². The summed E-state index contributed by atoms with van der Waals surface area (Å²) in [6.45, 7) is 4.81. The van der Waals surface area contributed by atoms with E-state index in [1.54, 1.807) is 0 Å². The minimum Gasteiger partial charge on any atom is -0.447 e. The molecule has 0 aromatic carbocycles. The molecular formula is C13H20N2O5S. The lowest BCUT2D eigenvalue weighted by Crippen LogP contribution is -2.36. The normalized spacial score (nSPS) is 17.1. The smallest absolute Gasteiger partial charge is 0.286 e. The van der Waals surface area contributed by atoms with Gasteiger partial charge in [-0.05, 0) is 18.8 Å². The van der Waals surface area contributed by atoms with E-state index in [9.17, 15) is 13.2 Å². The maximum absolute atomic E-state index is 12.1. The number of oxazole rings is 1. The Bertz CT molecular complexity index is 587. The first-order valence-corrected chi connectivity index (χ1v) is 8.60. The number of sulfonamides is 1. The van der Waals surface area contributed by atoms with Crippen LogP contribution in [0.5, 0.6) is 0 Å². The van der Waals surface area contributed by atoms with E-state index < -0.39 is 15.9 Å². The van der Waals surface area contributed by atoms with Crippen LogP contribution in [0.4, 0.5) is 0 Å². The predicted molar refractivity (Wildman–Crippen MR) is 75.4 cm³/mol. The van der Waals surface area contributed by atoms with E-state index in [-0.39, 0.29) is 23.3 Å². The van der Waals surface area contributed by atoms with Crippen LogP contribution in [0.15, 0.2) is 10.8 Å². The molecule has 0 spiro atoms. The zero-order chi connectivity index (χ0) is 15.5. The zero-order valence-corrected chi connectivity index (χ0v) is 13.0. The van der Waals surface area contributed by atoms with E-state index in [1.165, 1.54) is 0 Å². The number of hydrogen-bond acceptors (Lipinski definition) is 6. The molecule has 0 aliphatic carbocycles. The van der Waals surface area contributed by atoms with Crippen molar-refractivity contribution in [3.8, 4) is 0 Å². The second-order valence-corrected chi connectivity index (χ2v) is 7.26. The Kier molecular flexibility index (Phi) is 5.00. The number of ether oxygens (including phenoxy) is 1. The lowest BCUT2D eigenvalue weighted by Gasteiger charge is -2.21. The molecule has 1 N–H and O–H groups in total. The summed E-state index contributed by atoms with van der Waals surface area (Å²) in [5, 5.41) is 0. The lowest BCUT2D eigenvalue weighted by molar-refractivity contribution is 0.0722. The van der Waals surface area contributed by atoms with Crippen molar-refractivity contribution in [2.45, 2.75) is 32.6 Å². The zero-order valence-electron chi connectivity index (χ0n) is 12.2. The Balaban J connectivity index is 2.02. The quantitative estimate of drug-likeness (QED) is 0.878. The molecule has 1 aromatic heterocycles. The molecule has 7 nitrogen and oxygen atoms in total. The van der Waals surface area contributed by atoms with Crippen molar-refractivity contribution in [3.63, 3.8) is 0 Å². The van der Waals surface area contributed by atoms with Gasteiger partial charge in [-0.2, -0.15) is 0 Å². The summed E-state index contributed by atoms with van der Waals surface area (Å²) in [6.07, 6.45) is 2.53. The molecule has 1 amide bonds. The Hall–Kier alpha value is -1.41. The molecule has 1 aromatic rings. The first-order valence-electron chi connectivity index (χ1n) is 6.95. The van der Waals surface area contributed by atoms with Gasteiger partial charge in [0.05, 0.1) is 5.75 Å². The molecule has 0 saturated carbocycles. The van der Waals surface area contributed by atoms with Crippen LogP contribution in [0.3, 0.4) is 0 Å². The molecule has 1 aliphatic rings. The summed E-state index contributed by atoms with van der Waals surface area (Å²) < 4.78 is 36.5. The Morgan fingerprint density at radius 1 is 1.43 bits per heavy atom. The second-order valence-electron chi connectivity index (χ2n) is 5.49. The number of hydrogen-bond donors (Lipinski definition) is 1. The second kappa shape index (κ2) is 6.57. The van der Waals surface area contributed by atoms with Gasteiger partial charge in [-0.3, -0.25) is 4.79 Å². The van der Waals surface area contributed by atoms with Crippen molar-refractivity contribution in [2.75, 3.05) is 19.0 Å². The van der Waals surface area contributed by atoms with Gasteiger partial charge in [0, 0.05) is 19.1 Å². The molecule has 0 radical (unpaired) electrons. The molecule has 1 fully saturated rings. The molecule has 118 valence electrons. The van der Waals surface area contributed by atoms with E-state index in [0.717, 1.165) is 6.39 Å². The Morgan fingerprint density at radius 2 is 2.10 bits per heavy atom. The standard InChI is InChI=1S/C13H20N2O5S/c1-9(2)12-11(14-8-20-12)13(16)15-21(17,18)7-10-3-5-19-6-4-10/h8-10H,3-7H2,1-2H3,(H,15,16). The van der Waals surface area contributed by atoms with Gasteiger partial charge in [0.15, 0.2) is 12.1 Å². The monoisotopic (exact) mass is 316 g/mol. The van der Waals surface area contributed by atoms with E-state index in [1.807, 2.05) is 13.8 Å². The fourth-order valence-electron chi connectivity index (χ4n) is 2.29. The largest absolute Gasteiger partial charge is 0.447 e. The van der Waals surface area contributed by atoms with Gasteiger partial charge in [0.1, 0.15) is 5.76 Å². The Morgan fingerprint density at radius 3 is 2.71 bits per heavy atom. The molecule has 0 unspecified atom stereocenters. The number of aromatic nitrogens is 1. The van der Waals surface area contributed by atoms with Crippen LogP contribution in [-0.4, -0.2) is 38.3 Å². The van der Waals surface area contributed by atoms with Crippen LogP contribution >= 0.6 is 0 Å². The summed E-state index contributed by atoms with van der Waals surface area (Å²) in [5.41, 5.74) is 0.0283. The van der Waals surface area contributed by atoms with Gasteiger partial charge in [0.25, 0.3) is 5.91 Å². The fourth-order valence-corrected chi connectivity index (χ4v) is 3.71. The van der Waals surface area contributed by atoms with Crippen LogP contribution in [0.2, 0.25) is 0 Å². The predicted octanol–water partition coefficient (Wildman–Crippen LogP) is 1.28. The van der Waals surface area contributed by atoms with Crippen LogP contribution in [-0.2, 0) is 14.8 Å². The molecule has 1 aliphatic heterocycles. The summed E-state index contributed by atoms with van der Waals surface area (Å²) in [7, 11) is -3.69. The topological polar surface area (TPSA) is 98.5 Å². The summed E-state index contributed by atoms with van der Waals surface area (Å²) >= 11 is 0. The molecule has 8 heteroatoms. The third-order valence-corrected chi connectivity index (χ3v) is 4.79. The average molecular weight is 316 g/mol. The van der Waals surface area contributed by atoms with Gasteiger partial charge < -0.3 is 9.15 Å². The highest BCUT2D eigenvalue weighted by Gasteiger charge is 2.26. The van der Waals surface area contributed by atoms with Gasteiger partial charge in [-0.1, -0.05) is 13.8 Å². The van der Waals surface area contributed by atoms with Crippen LogP contribution in [0, 0.1) is 5.92 Å². The molecule has 0 bridgehead atoms. The van der Waals surface area contributed by atoms with Gasteiger partial charge in [0.2, 0.25) is 10.0 Å². The van der Waals surface area contributed by atoms with Crippen LogP contribution in [0.1, 0.15) is 48.9 Å². The van der Waals surface area contributed by atoms with E-state index in [0.29, 0.717) is 31.8 Å². The number of nitrogens with zero attached hydrogens (tertiary/aromatic N) is 1. The van der Waals surface area contributed by atoms with E-state index in [4.69, 9.17) is 9.15 Å². The fraction of sp³-hybridized carbons (Fsp3) is 0.692. The molecule has 21 heavy (non-hydrogen) atoms. The highest BCUT2D eigenvalue weighted by atomic mass is 32.2. The SMILES string of the molecule is CC(C)c1ocnc1C(=O)NS(=O)(=O)CC1CCOCC1. The van der Waals surface area contributed by atoms with E-state index in [2.05, 4.69) is 9.71 Å². The molecule has 0 atom stereocenters. The molecule has 2 heterocycles. The molecule has 2 rings (SSSR count). The molecular weight excluding hydrogens is 296 g/mol. The van der Waals surface area contributed by atoms with Crippen molar-refractivity contribution in [1.29, 1.82) is 0 Å². The van der Waals surface area contributed by atoms with Crippen molar-refractivity contribution in [2.24, 2.45) is 5.92 Å². The lowest BCUT2D eigenvalue weighted by atomic mass is 10.0. The highest BCUT2D eigenvalue weighted by molar-refractivity contribution is 7.90. The highest BCUT2D eigenvalue weighted by Crippen LogP contribution is 2.19. The summed E-state index contributed by atoms with van der Waals surface area (Å²) in [4.78, 5) is 15.9. The summed E-state index contributed by atoms with van der Waals surface area (Å²) in [5.74, 6) is -0.456. The van der Waals surface area contributed by atoms with Crippen molar-refractivity contribution in [3.05, 3.63) is 17.8 Å². The third kappa shape index (κ3) is 4.28. The van der Waals surface area contributed by atoms with Crippen molar-refractivity contribution >= 4 is 15.9 Å². The average Bonchev–Trinajstić information content (AvgIpc) is 2.88.